The zero-order chi connectivity index (χ0) is 20.4. The summed E-state index contributed by atoms with van der Waals surface area (Å²) >= 11 is 0. The normalized spacial score (nSPS) is 24.5. The zero-order valence-corrected chi connectivity index (χ0v) is 17.1. The molecule has 3 heterocycles. The molecule has 2 aliphatic heterocycles. The van der Waals surface area contributed by atoms with Crippen LogP contribution in [0.1, 0.15) is 30.0 Å². The predicted molar refractivity (Wildman–Crippen MR) is 108 cm³/mol. The van der Waals surface area contributed by atoms with Crippen LogP contribution in [0.2, 0.25) is 0 Å². The number of aromatic nitrogens is 2. The molecule has 2 atom stereocenters. The Hall–Kier alpha value is -2.67. The van der Waals surface area contributed by atoms with Gasteiger partial charge in [-0.3, -0.25) is 14.3 Å². The van der Waals surface area contributed by atoms with E-state index in [1.165, 1.54) is 7.11 Å². The SMILES string of the molecule is COCC(=O)N1C[C@@H](c2ccnn2C)[C@@]2(CCCN(Cc3ccccc3)C2=O)C1. The second-order valence-corrected chi connectivity index (χ2v) is 8.11. The summed E-state index contributed by atoms with van der Waals surface area (Å²) in [6, 6.07) is 12.1. The summed E-state index contributed by atoms with van der Waals surface area (Å²) in [5, 5.41) is 4.32. The third kappa shape index (κ3) is 3.55. The summed E-state index contributed by atoms with van der Waals surface area (Å²) in [5.41, 5.74) is 1.53. The maximum Gasteiger partial charge on any atom is 0.248 e. The van der Waals surface area contributed by atoms with Crippen LogP contribution >= 0.6 is 0 Å². The molecule has 29 heavy (non-hydrogen) atoms. The molecule has 2 aromatic rings. The van der Waals surface area contributed by atoms with Crippen LogP contribution in [0.15, 0.2) is 42.6 Å². The minimum absolute atomic E-state index is 0.0378. The van der Waals surface area contributed by atoms with E-state index < -0.39 is 5.41 Å². The average molecular weight is 396 g/mol. The second-order valence-electron chi connectivity index (χ2n) is 8.11. The van der Waals surface area contributed by atoms with Gasteiger partial charge in [0.05, 0.1) is 5.41 Å². The lowest BCUT2D eigenvalue weighted by atomic mass is 9.70. The molecule has 0 N–H and O–H groups in total. The van der Waals surface area contributed by atoms with Crippen LogP contribution < -0.4 is 0 Å². The molecule has 7 heteroatoms. The van der Waals surface area contributed by atoms with Crippen molar-refractivity contribution < 1.29 is 14.3 Å². The lowest BCUT2D eigenvalue weighted by Gasteiger charge is -2.42. The number of piperidine rings is 1. The molecule has 0 radical (unpaired) electrons. The number of rotatable bonds is 5. The van der Waals surface area contributed by atoms with Gasteiger partial charge in [0.15, 0.2) is 0 Å². The second kappa shape index (κ2) is 7.99. The van der Waals surface area contributed by atoms with Gasteiger partial charge in [-0.25, -0.2) is 0 Å². The van der Waals surface area contributed by atoms with E-state index in [4.69, 9.17) is 4.74 Å². The van der Waals surface area contributed by atoms with Gasteiger partial charge in [-0.05, 0) is 24.5 Å². The first-order valence-electron chi connectivity index (χ1n) is 10.1. The molecule has 1 aromatic carbocycles. The molecule has 2 saturated heterocycles. The van der Waals surface area contributed by atoms with Gasteiger partial charge in [-0.15, -0.1) is 0 Å². The molecule has 0 aliphatic carbocycles. The van der Waals surface area contributed by atoms with Crippen LogP contribution in [0, 0.1) is 5.41 Å². The van der Waals surface area contributed by atoms with Crippen molar-refractivity contribution >= 4 is 11.8 Å². The first-order valence-corrected chi connectivity index (χ1v) is 10.1. The highest BCUT2D eigenvalue weighted by Crippen LogP contribution is 2.49. The van der Waals surface area contributed by atoms with E-state index in [1.807, 2.05) is 40.9 Å². The Morgan fingerprint density at radius 1 is 1.28 bits per heavy atom. The molecule has 4 rings (SSSR count). The highest BCUT2D eigenvalue weighted by molar-refractivity contribution is 5.87. The van der Waals surface area contributed by atoms with Crippen LogP contribution in [-0.4, -0.2) is 64.7 Å². The Bertz CT molecular complexity index is 881. The molecule has 1 spiro atoms. The quantitative estimate of drug-likeness (QED) is 0.773. The highest BCUT2D eigenvalue weighted by Gasteiger charge is 2.56. The molecule has 2 aliphatic rings. The topological polar surface area (TPSA) is 67.7 Å². The van der Waals surface area contributed by atoms with Crippen molar-refractivity contribution in [2.24, 2.45) is 12.5 Å². The summed E-state index contributed by atoms with van der Waals surface area (Å²) in [6.07, 6.45) is 3.47. The molecule has 154 valence electrons. The van der Waals surface area contributed by atoms with Crippen molar-refractivity contribution in [3.05, 3.63) is 53.9 Å². The number of hydrogen-bond acceptors (Lipinski definition) is 4. The standard InChI is InChI=1S/C22H28N4O3/c1-24-19(9-11-23-24)18-14-26(20(27)15-29-2)16-22(18)10-6-12-25(21(22)28)13-17-7-4-3-5-8-17/h3-5,7-9,11,18H,6,10,12-16H2,1-2H3/t18-,22+/m0/s1. The summed E-state index contributed by atoms with van der Waals surface area (Å²) < 4.78 is 6.90. The number of ether oxygens (including phenoxy) is 1. The van der Waals surface area contributed by atoms with Gasteiger partial charge in [0.25, 0.3) is 0 Å². The monoisotopic (exact) mass is 396 g/mol. The van der Waals surface area contributed by atoms with E-state index >= 15 is 0 Å². The van der Waals surface area contributed by atoms with E-state index in [9.17, 15) is 9.59 Å². The number of hydrogen-bond donors (Lipinski definition) is 0. The van der Waals surface area contributed by atoms with Crippen LogP contribution in [0.5, 0.6) is 0 Å². The average Bonchev–Trinajstić information content (AvgIpc) is 3.31. The van der Waals surface area contributed by atoms with E-state index in [1.54, 1.807) is 11.1 Å². The Morgan fingerprint density at radius 2 is 2.07 bits per heavy atom. The summed E-state index contributed by atoms with van der Waals surface area (Å²) in [5.74, 6) is 0.0120. The van der Waals surface area contributed by atoms with Gasteiger partial charge in [0.1, 0.15) is 6.61 Å². The van der Waals surface area contributed by atoms with Crippen LogP contribution in [0.4, 0.5) is 0 Å². The number of likely N-dealkylation sites (tertiary alicyclic amines) is 2. The molecule has 2 amide bonds. The van der Waals surface area contributed by atoms with Crippen LogP contribution in [0.3, 0.4) is 0 Å². The summed E-state index contributed by atoms with van der Waals surface area (Å²) in [7, 11) is 3.42. The van der Waals surface area contributed by atoms with Gasteiger partial charge in [-0.1, -0.05) is 30.3 Å². The lowest BCUT2D eigenvalue weighted by molar-refractivity contribution is -0.148. The number of amides is 2. The minimum Gasteiger partial charge on any atom is -0.375 e. The molecular formula is C22H28N4O3. The molecule has 7 nitrogen and oxygen atoms in total. The van der Waals surface area contributed by atoms with Gasteiger partial charge in [0, 0.05) is 58.1 Å². The van der Waals surface area contributed by atoms with Crippen molar-refractivity contribution in [2.75, 3.05) is 33.4 Å². The summed E-state index contributed by atoms with van der Waals surface area (Å²) in [4.78, 5) is 30.2. The fourth-order valence-corrected chi connectivity index (χ4v) is 4.95. The van der Waals surface area contributed by atoms with E-state index in [2.05, 4.69) is 17.2 Å². The maximum absolute atomic E-state index is 13.8. The van der Waals surface area contributed by atoms with Crippen molar-refractivity contribution in [1.82, 2.24) is 19.6 Å². The van der Waals surface area contributed by atoms with Crippen LogP contribution in [0.25, 0.3) is 0 Å². The first-order chi connectivity index (χ1) is 14.0. The Labute approximate surface area is 171 Å². The molecular weight excluding hydrogens is 368 g/mol. The smallest absolute Gasteiger partial charge is 0.248 e. The molecule has 0 bridgehead atoms. The lowest BCUT2D eigenvalue weighted by Crippen LogP contribution is -2.52. The number of benzene rings is 1. The van der Waals surface area contributed by atoms with Gasteiger partial charge in [-0.2, -0.15) is 5.10 Å². The fraction of sp³-hybridized carbons (Fsp3) is 0.500. The van der Waals surface area contributed by atoms with Gasteiger partial charge >= 0.3 is 0 Å². The zero-order valence-electron chi connectivity index (χ0n) is 17.1. The van der Waals surface area contributed by atoms with Gasteiger partial charge in [0.2, 0.25) is 11.8 Å². The number of carbonyl (C=O) groups excluding carboxylic acids is 2. The van der Waals surface area contributed by atoms with E-state index in [0.717, 1.165) is 30.6 Å². The Balaban J connectivity index is 1.66. The first kappa shape index (κ1) is 19.6. The minimum atomic E-state index is -0.607. The van der Waals surface area contributed by atoms with E-state index in [-0.39, 0.29) is 24.3 Å². The predicted octanol–water partition coefficient (Wildman–Crippen LogP) is 1.80. The highest BCUT2D eigenvalue weighted by atomic mass is 16.5. The van der Waals surface area contributed by atoms with Gasteiger partial charge < -0.3 is 14.5 Å². The van der Waals surface area contributed by atoms with Crippen molar-refractivity contribution in [3.63, 3.8) is 0 Å². The third-order valence-corrected chi connectivity index (χ3v) is 6.36. The fourth-order valence-electron chi connectivity index (χ4n) is 4.95. The maximum atomic E-state index is 13.8. The number of nitrogens with zero attached hydrogens (tertiary/aromatic N) is 4. The van der Waals surface area contributed by atoms with Crippen LogP contribution in [-0.2, 0) is 27.9 Å². The number of methoxy groups -OCH3 is 1. The molecule has 1 aromatic heterocycles. The van der Waals surface area contributed by atoms with Crippen molar-refractivity contribution in [2.45, 2.75) is 25.3 Å². The van der Waals surface area contributed by atoms with Crippen molar-refractivity contribution in [1.29, 1.82) is 0 Å². The Morgan fingerprint density at radius 3 is 2.76 bits per heavy atom. The largest absolute Gasteiger partial charge is 0.375 e. The third-order valence-electron chi connectivity index (χ3n) is 6.36. The number of carbonyl (C=O) groups is 2. The van der Waals surface area contributed by atoms with Crippen molar-refractivity contribution in [3.8, 4) is 0 Å². The number of aryl methyl sites for hydroxylation is 1. The molecule has 2 fully saturated rings. The Kier molecular flexibility index (Phi) is 5.41. The molecule has 0 unspecified atom stereocenters. The van der Waals surface area contributed by atoms with E-state index in [0.29, 0.717) is 19.6 Å². The summed E-state index contributed by atoms with van der Waals surface area (Å²) in [6.45, 7) is 2.35. The molecule has 0 saturated carbocycles.